The van der Waals surface area contributed by atoms with Gasteiger partial charge in [-0.1, -0.05) is 38.8 Å². The van der Waals surface area contributed by atoms with Gasteiger partial charge in [-0.25, -0.2) is 0 Å². The zero-order valence-electron chi connectivity index (χ0n) is 10.4. The Morgan fingerprint density at radius 1 is 1.19 bits per heavy atom. The van der Waals surface area contributed by atoms with Crippen molar-refractivity contribution in [3.8, 4) is 0 Å². The second-order valence-electron chi connectivity index (χ2n) is 4.19. The summed E-state index contributed by atoms with van der Waals surface area (Å²) in [6.07, 6.45) is 4.37. The zero-order valence-corrected chi connectivity index (χ0v) is 10.4. The summed E-state index contributed by atoms with van der Waals surface area (Å²) >= 11 is 0. The van der Waals surface area contributed by atoms with Gasteiger partial charge in [0.2, 0.25) is 5.89 Å². The number of hydrogen-bond acceptors (Lipinski definition) is 4. The minimum absolute atomic E-state index is 0.348. The van der Waals surface area contributed by atoms with E-state index in [2.05, 4.69) is 24.0 Å². The lowest BCUT2D eigenvalue weighted by atomic mass is 9.98. The number of hydrogen-bond donors (Lipinski definition) is 1. The fraction of sp³-hybridized carbons (Fsp3) is 0.833. The van der Waals surface area contributed by atoms with Gasteiger partial charge in [0.05, 0.1) is 0 Å². The van der Waals surface area contributed by atoms with E-state index in [1.165, 1.54) is 0 Å². The van der Waals surface area contributed by atoms with Gasteiger partial charge in [0, 0.05) is 5.92 Å². The summed E-state index contributed by atoms with van der Waals surface area (Å²) < 4.78 is 5.23. The minimum Gasteiger partial charge on any atom is -0.385 e. The molecule has 1 rings (SSSR count). The maximum Gasteiger partial charge on any atom is 0.229 e. The Labute approximate surface area is 97.1 Å². The van der Waals surface area contributed by atoms with Gasteiger partial charge >= 0.3 is 0 Å². The van der Waals surface area contributed by atoms with E-state index in [0.29, 0.717) is 24.1 Å². The van der Waals surface area contributed by atoms with Crippen LogP contribution in [0.1, 0.15) is 76.6 Å². The van der Waals surface area contributed by atoms with Crippen LogP contribution in [-0.2, 0) is 0 Å². The molecule has 0 saturated carbocycles. The van der Waals surface area contributed by atoms with Gasteiger partial charge in [-0.3, -0.25) is 0 Å². The predicted octanol–water partition coefficient (Wildman–Crippen LogP) is 3.20. The van der Waals surface area contributed by atoms with Gasteiger partial charge in [-0.2, -0.15) is 4.98 Å². The maximum absolute atomic E-state index is 9.60. The van der Waals surface area contributed by atoms with Crippen molar-refractivity contribution >= 4 is 0 Å². The normalized spacial score (nSPS) is 13.3. The summed E-state index contributed by atoms with van der Waals surface area (Å²) in [5.74, 6) is 1.46. The highest BCUT2D eigenvalue weighted by Gasteiger charge is 2.19. The van der Waals surface area contributed by atoms with E-state index in [4.69, 9.17) is 4.52 Å². The fourth-order valence-electron chi connectivity index (χ4n) is 1.82. The minimum atomic E-state index is -0.596. The Balaban J connectivity index is 2.72. The molecule has 0 aliphatic heterocycles. The first-order valence-corrected chi connectivity index (χ1v) is 6.24. The lowest BCUT2D eigenvalue weighted by Crippen LogP contribution is -2.01. The Hall–Kier alpha value is -0.900. The van der Waals surface area contributed by atoms with Crippen LogP contribution in [0, 0.1) is 0 Å². The average Bonchev–Trinajstić information content (AvgIpc) is 2.77. The van der Waals surface area contributed by atoms with Crippen molar-refractivity contribution in [2.24, 2.45) is 0 Å². The zero-order chi connectivity index (χ0) is 12.0. The van der Waals surface area contributed by atoms with Crippen LogP contribution in [0.5, 0.6) is 0 Å². The largest absolute Gasteiger partial charge is 0.385 e. The molecule has 1 aromatic rings. The average molecular weight is 226 g/mol. The van der Waals surface area contributed by atoms with Crippen LogP contribution in [-0.4, -0.2) is 15.2 Å². The molecule has 0 aliphatic rings. The van der Waals surface area contributed by atoms with Crippen LogP contribution >= 0.6 is 0 Å². The van der Waals surface area contributed by atoms with Crippen molar-refractivity contribution in [2.45, 2.75) is 64.9 Å². The lowest BCUT2D eigenvalue weighted by molar-refractivity contribution is 0.159. The van der Waals surface area contributed by atoms with Gasteiger partial charge in [0.25, 0.3) is 0 Å². The van der Waals surface area contributed by atoms with E-state index < -0.39 is 6.10 Å². The molecule has 4 heteroatoms. The van der Waals surface area contributed by atoms with Crippen molar-refractivity contribution in [1.29, 1.82) is 0 Å². The molecular formula is C12H22N2O2. The Kier molecular flexibility index (Phi) is 5.46. The highest BCUT2D eigenvalue weighted by molar-refractivity contribution is 4.96. The molecule has 92 valence electrons. The summed E-state index contributed by atoms with van der Waals surface area (Å²) in [7, 11) is 0. The standard InChI is InChI=1S/C12H22N2O2/c1-4-7-9(8-5-2)12-13-11(14-16-12)10(15)6-3/h9-10,15H,4-8H2,1-3H3. The Morgan fingerprint density at radius 2 is 1.81 bits per heavy atom. The van der Waals surface area contributed by atoms with Gasteiger partial charge in [0.15, 0.2) is 5.82 Å². The SMILES string of the molecule is CCCC(CCC)c1nc(C(O)CC)no1. The van der Waals surface area contributed by atoms with Crippen molar-refractivity contribution in [3.63, 3.8) is 0 Å². The third-order valence-corrected chi connectivity index (χ3v) is 2.77. The van der Waals surface area contributed by atoms with Crippen molar-refractivity contribution in [3.05, 3.63) is 11.7 Å². The number of rotatable bonds is 7. The third-order valence-electron chi connectivity index (χ3n) is 2.77. The molecule has 1 unspecified atom stereocenters. The molecule has 1 N–H and O–H groups in total. The van der Waals surface area contributed by atoms with Crippen molar-refractivity contribution in [1.82, 2.24) is 10.1 Å². The lowest BCUT2D eigenvalue weighted by Gasteiger charge is -2.09. The maximum atomic E-state index is 9.60. The summed E-state index contributed by atoms with van der Waals surface area (Å²) in [5, 5.41) is 13.4. The summed E-state index contributed by atoms with van der Waals surface area (Å²) in [6, 6.07) is 0. The second-order valence-corrected chi connectivity index (χ2v) is 4.19. The highest BCUT2D eigenvalue weighted by atomic mass is 16.5. The molecular weight excluding hydrogens is 204 g/mol. The molecule has 0 amide bonds. The van der Waals surface area contributed by atoms with Crippen LogP contribution < -0.4 is 0 Å². The van der Waals surface area contributed by atoms with E-state index in [1.807, 2.05) is 6.92 Å². The monoisotopic (exact) mass is 226 g/mol. The first-order chi connectivity index (χ1) is 7.72. The van der Waals surface area contributed by atoms with Crippen LogP contribution in [0.15, 0.2) is 4.52 Å². The summed E-state index contributed by atoms with van der Waals surface area (Å²) in [6.45, 7) is 6.21. The fourth-order valence-corrected chi connectivity index (χ4v) is 1.82. The molecule has 0 aromatic carbocycles. The molecule has 4 nitrogen and oxygen atoms in total. The van der Waals surface area contributed by atoms with Crippen LogP contribution in [0.3, 0.4) is 0 Å². The summed E-state index contributed by atoms with van der Waals surface area (Å²) in [5.41, 5.74) is 0. The van der Waals surface area contributed by atoms with E-state index in [0.717, 1.165) is 25.7 Å². The van der Waals surface area contributed by atoms with Crippen molar-refractivity contribution < 1.29 is 9.63 Å². The molecule has 0 bridgehead atoms. The highest BCUT2D eigenvalue weighted by Crippen LogP contribution is 2.26. The van der Waals surface area contributed by atoms with E-state index in [-0.39, 0.29) is 0 Å². The first-order valence-electron chi connectivity index (χ1n) is 6.24. The molecule has 16 heavy (non-hydrogen) atoms. The van der Waals surface area contributed by atoms with Crippen molar-refractivity contribution in [2.75, 3.05) is 0 Å². The molecule has 1 atom stereocenters. The smallest absolute Gasteiger partial charge is 0.229 e. The van der Waals surface area contributed by atoms with Gasteiger partial charge in [0.1, 0.15) is 6.10 Å². The Bertz CT molecular complexity index is 293. The number of aliphatic hydroxyl groups is 1. The first kappa shape index (κ1) is 13.2. The summed E-state index contributed by atoms with van der Waals surface area (Å²) in [4.78, 5) is 4.29. The third kappa shape index (κ3) is 3.30. The molecule has 0 aliphatic carbocycles. The van der Waals surface area contributed by atoms with E-state index >= 15 is 0 Å². The van der Waals surface area contributed by atoms with E-state index in [9.17, 15) is 5.11 Å². The van der Waals surface area contributed by atoms with Gasteiger partial charge in [-0.15, -0.1) is 0 Å². The molecule has 0 saturated heterocycles. The second kappa shape index (κ2) is 6.63. The quantitative estimate of drug-likeness (QED) is 0.775. The topological polar surface area (TPSA) is 59.2 Å². The number of nitrogens with zero attached hydrogens (tertiary/aromatic N) is 2. The molecule has 0 fully saturated rings. The van der Waals surface area contributed by atoms with Crippen LogP contribution in [0.2, 0.25) is 0 Å². The van der Waals surface area contributed by atoms with Crippen LogP contribution in [0.25, 0.3) is 0 Å². The Morgan fingerprint density at radius 3 is 2.31 bits per heavy atom. The molecule has 1 heterocycles. The molecule has 0 radical (unpaired) electrons. The van der Waals surface area contributed by atoms with Crippen LogP contribution in [0.4, 0.5) is 0 Å². The predicted molar refractivity (Wildman–Crippen MR) is 62.1 cm³/mol. The number of aromatic nitrogens is 2. The van der Waals surface area contributed by atoms with E-state index in [1.54, 1.807) is 0 Å². The van der Waals surface area contributed by atoms with Gasteiger partial charge < -0.3 is 9.63 Å². The molecule has 1 aromatic heterocycles. The molecule has 0 spiro atoms. The van der Waals surface area contributed by atoms with Gasteiger partial charge in [-0.05, 0) is 19.3 Å². The number of aliphatic hydroxyl groups excluding tert-OH is 1.